The van der Waals surface area contributed by atoms with Gasteiger partial charge in [-0.3, -0.25) is 0 Å². The topological polar surface area (TPSA) is 29.5 Å². The lowest BCUT2D eigenvalue weighted by molar-refractivity contribution is 0.0638. The van der Waals surface area contributed by atoms with E-state index in [9.17, 15) is 13.9 Å². The highest BCUT2D eigenvalue weighted by atomic mass is 19.1. The Bertz CT molecular complexity index is 655. The summed E-state index contributed by atoms with van der Waals surface area (Å²) in [5, 5.41) is 10.2. The molecular weight excluding hydrogens is 262 g/mol. The van der Waals surface area contributed by atoms with E-state index in [1.807, 2.05) is 19.1 Å². The average Bonchev–Trinajstić information content (AvgIpc) is 2.42. The van der Waals surface area contributed by atoms with E-state index in [-0.39, 0.29) is 12.0 Å². The summed E-state index contributed by atoms with van der Waals surface area (Å²) in [6, 6.07) is 8.71. The van der Waals surface area contributed by atoms with Crippen LogP contribution in [0.3, 0.4) is 0 Å². The standard InChI is InChI=1S/C16H14F2O2/c1-9-2-5-15-12(6-9)14(19)8-16(20-15)11-7-10(17)3-4-13(11)18/h2-7,14,16,19H,8H2,1H3. The van der Waals surface area contributed by atoms with Crippen LogP contribution in [0.1, 0.15) is 35.3 Å². The summed E-state index contributed by atoms with van der Waals surface area (Å²) in [4.78, 5) is 0. The predicted molar refractivity (Wildman–Crippen MR) is 70.5 cm³/mol. The number of ether oxygens (including phenoxy) is 1. The molecule has 104 valence electrons. The van der Waals surface area contributed by atoms with Crippen LogP contribution in [0.2, 0.25) is 0 Å². The number of aliphatic hydroxyl groups excluding tert-OH is 1. The van der Waals surface area contributed by atoms with Gasteiger partial charge in [0.15, 0.2) is 0 Å². The highest BCUT2D eigenvalue weighted by Crippen LogP contribution is 2.41. The molecule has 1 N–H and O–H groups in total. The molecule has 4 heteroatoms. The molecule has 0 spiro atoms. The Morgan fingerprint density at radius 1 is 1.10 bits per heavy atom. The summed E-state index contributed by atoms with van der Waals surface area (Å²) in [5.74, 6) is -0.531. The molecule has 3 rings (SSSR count). The molecule has 1 aliphatic heterocycles. The molecule has 0 saturated heterocycles. The number of rotatable bonds is 1. The van der Waals surface area contributed by atoms with Gasteiger partial charge in [-0.25, -0.2) is 8.78 Å². The van der Waals surface area contributed by atoms with Crippen LogP contribution in [-0.2, 0) is 0 Å². The molecule has 2 unspecified atom stereocenters. The third kappa shape index (κ3) is 2.27. The monoisotopic (exact) mass is 276 g/mol. The summed E-state index contributed by atoms with van der Waals surface area (Å²) >= 11 is 0. The van der Waals surface area contributed by atoms with Gasteiger partial charge in [-0.2, -0.15) is 0 Å². The van der Waals surface area contributed by atoms with Gasteiger partial charge in [0.25, 0.3) is 0 Å². The Labute approximate surface area is 115 Å². The molecule has 2 aromatic carbocycles. The number of hydrogen-bond donors (Lipinski definition) is 1. The number of hydrogen-bond acceptors (Lipinski definition) is 2. The van der Waals surface area contributed by atoms with Crippen molar-refractivity contribution in [2.75, 3.05) is 0 Å². The highest BCUT2D eigenvalue weighted by Gasteiger charge is 2.29. The van der Waals surface area contributed by atoms with Crippen LogP contribution < -0.4 is 4.74 Å². The largest absolute Gasteiger partial charge is 0.485 e. The van der Waals surface area contributed by atoms with Crippen molar-refractivity contribution in [3.8, 4) is 5.75 Å². The average molecular weight is 276 g/mol. The van der Waals surface area contributed by atoms with E-state index < -0.39 is 23.8 Å². The van der Waals surface area contributed by atoms with Crippen LogP contribution in [0.25, 0.3) is 0 Å². The molecule has 0 bridgehead atoms. The summed E-state index contributed by atoms with van der Waals surface area (Å²) < 4.78 is 32.8. The molecule has 0 amide bonds. The quantitative estimate of drug-likeness (QED) is 0.857. The zero-order chi connectivity index (χ0) is 14.3. The van der Waals surface area contributed by atoms with Gasteiger partial charge in [-0.05, 0) is 37.3 Å². The fourth-order valence-electron chi connectivity index (χ4n) is 2.52. The fraction of sp³-hybridized carbons (Fsp3) is 0.250. The Hall–Kier alpha value is -1.94. The first kappa shape index (κ1) is 13.1. The van der Waals surface area contributed by atoms with Gasteiger partial charge in [-0.15, -0.1) is 0 Å². The molecule has 2 atom stereocenters. The molecule has 2 aromatic rings. The summed E-state index contributed by atoms with van der Waals surface area (Å²) in [6.07, 6.45) is -1.22. The van der Waals surface area contributed by atoms with Crippen LogP contribution in [0.4, 0.5) is 8.78 Å². The van der Waals surface area contributed by atoms with Crippen LogP contribution >= 0.6 is 0 Å². The third-order valence-electron chi connectivity index (χ3n) is 3.54. The van der Waals surface area contributed by atoms with Gasteiger partial charge in [0, 0.05) is 17.5 Å². The second kappa shape index (κ2) is 4.87. The second-order valence-electron chi connectivity index (χ2n) is 5.07. The van der Waals surface area contributed by atoms with E-state index in [2.05, 4.69) is 0 Å². The fourth-order valence-corrected chi connectivity index (χ4v) is 2.52. The molecule has 2 nitrogen and oxygen atoms in total. The molecular formula is C16H14F2O2. The minimum Gasteiger partial charge on any atom is -0.485 e. The molecule has 0 radical (unpaired) electrons. The van der Waals surface area contributed by atoms with Crippen LogP contribution in [-0.4, -0.2) is 5.11 Å². The van der Waals surface area contributed by atoms with Crippen molar-refractivity contribution in [1.82, 2.24) is 0 Å². The molecule has 0 aromatic heterocycles. The lowest BCUT2D eigenvalue weighted by atomic mass is 9.94. The maximum absolute atomic E-state index is 13.8. The SMILES string of the molecule is Cc1ccc2c(c1)C(O)CC(c1cc(F)ccc1F)O2. The maximum atomic E-state index is 13.8. The number of halogens is 2. The minimum absolute atomic E-state index is 0.135. The van der Waals surface area contributed by atoms with Gasteiger partial charge < -0.3 is 9.84 Å². The highest BCUT2D eigenvalue weighted by molar-refractivity contribution is 5.41. The van der Waals surface area contributed by atoms with Gasteiger partial charge in [0.1, 0.15) is 23.5 Å². The van der Waals surface area contributed by atoms with E-state index in [0.717, 1.165) is 23.8 Å². The number of benzene rings is 2. The molecule has 0 saturated carbocycles. The Kier molecular flexibility index (Phi) is 3.18. The van der Waals surface area contributed by atoms with Gasteiger partial charge in [0.05, 0.1) is 6.10 Å². The van der Waals surface area contributed by atoms with Crippen molar-refractivity contribution >= 4 is 0 Å². The van der Waals surface area contributed by atoms with Crippen molar-refractivity contribution in [1.29, 1.82) is 0 Å². The molecule has 20 heavy (non-hydrogen) atoms. The van der Waals surface area contributed by atoms with E-state index in [0.29, 0.717) is 11.3 Å². The Morgan fingerprint density at radius 2 is 1.90 bits per heavy atom. The zero-order valence-electron chi connectivity index (χ0n) is 10.9. The third-order valence-corrected chi connectivity index (χ3v) is 3.54. The van der Waals surface area contributed by atoms with Crippen molar-refractivity contribution in [2.24, 2.45) is 0 Å². The normalized spacial score (nSPS) is 21.2. The zero-order valence-corrected chi connectivity index (χ0v) is 10.9. The first-order valence-electron chi connectivity index (χ1n) is 6.45. The first-order valence-corrected chi connectivity index (χ1v) is 6.45. The molecule has 1 aliphatic rings. The Balaban J connectivity index is 1.99. The van der Waals surface area contributed by atoms with E-state index >= 15 is 0 Å². The van der Waals surface area contributed by atoms with Crippen molar-refractivity contribution in [3.05, 3.63) is 64.7 Å². The minimum atomic E-state index is -0.744. The number of aliphatic hydroxyl groups is 1. The number of fused-ring (bicyclic) bond motifs is 1. The van der Waals surface area contributed by atoms with Gasteiger partial charge in [0.2, 0.25) is 0 Å². The lowest BCUT2D eigenvalue weighted by Crippen LogP contribution is -2.20. The van der Waals surface area contributed by atoms with Gasteiger partial charge >= 0.3 is 0 Å². The van der Waals surface area contributed by atoms with E-state index in [1.54, 1.807) is 6.07 Å². The molecule has 0 aliphatic carbocycles. The smallest absolute Gasteiger partial charge is 0.130 e. The van der Waals surface area contributed by atoms with Crippen molar-refractivity contribution in [2.45, 2.75) is 25.6 Å². The second-order valence-corrected chi connectivity index (χ2v) is 5.07. The maximum Gasteiger partial charge on any atom is 0.130 e. The van der Waals surface area contributed by atoms with Gasteiger partial charge in [-0.1, -0.05) is 11.6 Å². The van der Waals surface area contributed by atoms with Crippen molar-refractivity contribution < 1.29 is 18.6 Å². The molecule has 1 heterocycles. The first-order chi connectivity index (χ1) is 9.54. The van der Waals surface area contributed by atoms with Crippen LogP contribution in [0.15, 0.2) is 36.4 Å². The van der Waals surface area contributed by atoms with Crippen LogP contribution in [0, 0.1) is 18.6 Å². The number of aryl methyl sites for hydroxylation is 1. The van der Waals surface area contributed by atoms with E-state index in [1.165, 1.54) is 0 Å². The predicted octanol–water partition coefficient (Wildman–Crippen LogP) is 3.83. The summed E-state index contributed by atoms with van der Waals surface area (Å²) in [6.45, 7) is 1.92. The Morgan fingerprint density at radius 3 is 2.70 bits per heavy atom. The van der Waals surface area contributed by atoms with Crippen LogP contribution in [0.5, 0.6) is 5.75 Å². The molecule has 0 fully saturated rings. The summed E-state index contributed by atoms with van der Waals surface area (Å²) in [5.41, 5.74) is 1.84. The lowest BCUT2D eigenvalue weighted by Gasteiger charge is -2.30. The summed E-state index contributed by atoms with van der Waals surface area (Å²) in [7, 11) is 0. The van der Waals surface area contributed by atoms with E-state index in [4.69, 9.17) is 4.74 Å². The van der Waals surface area contributed by atoms with Crippen molar-refractivity contribution in [3.63, 3.8) is 0 Å².